The maximum atomic E-state index is 12.7. The summed E-state index contributed by atoms with van der Waals surface area (Å²) >= 11 is 5.21. The van der Waals surface area contributed by atoms with E-state index >= 15 is 0 Å². The number of nitrogens with zero attached hydrogens (tertiary/aromatic N) is 1. The largest absolute Gasteiger partial charge is 0.392 e. The third-order valence-corrected chi connectivity index (χ3v) is 4.53. The fourth-order valence-corrected chi connectivity index (χ4v) is 3.13. The number of nitrogens with one attached hydrogen (secondary N) is 2. The highest BCUT2D eigenvalue weighted by Gasteiger charge is 2.42. The average molecular weight is 294 g/mol. The zero-order valence-electron chi connectivity index (χ0n) is 11.8. The second-order valence-corrected chi connectivity index (χ2v) is 5.97. The molecule has 1 fully saturated rings. The predicted octanol–water partition coefficient (Wildman–Crippen LogP) is 2.21. The lowest BCUT2D eigenvalue weighted by molar-refractivity contribution is -0.128. The van der Waals surface area contributed by atoms with Gasteiger partial charge in [-0.1, -0.05) is 37.9 Å². The number of thiocarbonyl (C=S) groups is 1. The number of hydrogen-bond acceptors (Lipinski definition) is 3. The summed E-state index contributed by atoms with van der Waals surface area (Å²) in [6, 6.07) is -0.174. The van der Waals surface area contributed by atoms with Crippen molar-refractivity contribution in [3.63, 3.8) is 0 Å². The van der Waals surface area contributed by atoms with Crippen LogP contribution in [0.25, 0.3) is 0 Å². The Hall–Kier alpha value is -1.43. The minimum Gasteiger partial charge on any atom is -0.392 e. The monoisotopic (exact) mass is 294 g/mol. The molecule has 1 atom stereocenters. The molecule has 0 aromatic carbocycles. The van der Waals surface area contributed by atoms with Crippen molar-refractivity contribution in [1.82, 2.24) is 15.3 Å². The van der Waals surface area contributed by atoms with Crippen molar-refractivity contribution in [2.45, 2.75) is 51.5 Å². The van der Waals surface area contributed by atoms with Gasteiger partial charge in [-0.3, -0.25) is 4.79 Å². The summed E-state index contributed by atoms with van der Waals surface area (Å²) in [6.07, 6.45) is 9.20. The van der Waals surface area contributed by atoms with Crippen LogP contribution in [0, 0.1) is 5.41 Å². The zero-order valence-corrected chi connectivity index (χ0v) is 12.6. The second-order valence-electron chi connectivity index (χ2n) is 5.53. The van der Waals surface area contributed by atoms with Gasteiger partial charge in [0.05, 0.1) is 16.4 Å². The van der Waals surface area contributed by atoms with E-state index in [4.69, 9.17) is 18.0 Å². The van der Waals surface area contributed by atoms with Crippen molar-refractivity contribution in [3.05, 3.63) is 18.2 Å². The standard InChI is InChI=1S/C14H22N4OS/c1-10(11-16-8-9-17-11)18-13(19)14(12(15)20)6-4-2-3-5-7-14/h8-10H,2-7H2,1H3,(H2,15,20)(H,16,17)(H,18,19). The molecule has 1 aromatic rings. The number of amides is 1. The first-order valence-corrected chi connectivity index (χ1v) is 7.57. The first-order chi connectivity index (χ1) is 9.56. The molecule has 6 heteroatoms. The summed E-state index contributed by atoms with van der Waals surface area (Å²) in [6.45, 7) is 1.90. The topological polar surface area (TPSA) is 83.8 Å². The van der Waals surface area contributed by atoms with Crippen LogP contribution >= 0.6 is 12.2 Å². The van der Waals surface area contributed by atoms with Gasteiger partial charge >= 0.3 is 0 Å². The van der Waals surface area contributed by atoms with Crippen molar-refractivity contribution in [2.75, 3.05) is 0 Å². The van der Waals surface area contributed by atoms with E-state index in [1.165, 1.54) is 0 Å². The number of imidazole rings is 1. The van der Waals surface area contributed by atoms with Crippen LogP contribution in [0.4, 0.5) is 0 Å². The highest BCUT2D eigenvalue weighted by atomic mass is 32.1. The molecule has 0 spiro atoms. The Morgan fingerprint density at radius 1 is 1.45 bits per heavy atom. The fraction of sp³-hybridized carbons (Fsp3) is 0.643. The first-order valence-electron chi connectivity index (χ1n) is 7.16. The minimum atomic E-state index is -0.688. The maximum absolute atomic E-state index is 12.7. The van der Waals surface area contributed by atoms with Crippen molar-refractivity contribution >= 4 is 23.1 Å². The van der Waals surface area contributed by atoms with Crippen LogP contribution in [0.15, 0.2) is 12.4 Å². The van der Waals surface area contributed by atoms with E-state index in [1.54, 1.807) is 12.4 Å². The minimum absolute atomic E-state index is 0.0594. The molecule has 0 aliphatic heterocycles. The molecule has 1 amide bonds. The van der Waals surface area contributed by atoms with Crippen molar-refractivity contribution in [2.24, 2.45) is 11.1 Å². The summed E-state index contributed by atoms with van der Waals surface area (Å²) in [5.74, 6) is 0.681. The summed E-state index contributed by atoms with van der Waals surface area (Å²) in [5.41, 5.74) is 5.23. The number of nitrogens with two attached hydrogens (primary N) is 1. The van der Waals surface area contributed by atoms with E-state index in [2.05, 4.69) is 15.3 Å². The third kappa shape index (κ3) is 3.00. The molecule has 1 unspecified atom stereocenters. The van der Waals surface area contributed by atoms with E-state index in [9.17, 15) is 4.79 Å². The Morgan fingerprint density at radius 2 is 2.10 bits per heavy atom. The number of rotatable bonds is 4. The van der Waals surface area contributed by atoms with Crippen LogP contribution in [-0.2, 0) is 4.79 Å². The molecule has 5 nitrogen and oxygen atoms in total. The Labute approximate surface area is 124 Å². The zero-order chi connectivity index (χ0) is 14.6. The molecule has 1 aliphatic rings. The number of hydrogen-bond donors (Lipinski definition) is 3. The second kappa shape index (κ2) is 6.35. The van der Waals surface area contributed by atoms with Crippen LogP contribution in [0.1, 0.15) is 57.3 Å². The van der Waals surface area contributed by atoms with Gasteiger partial charge in [0.15, 0.2) is 0 Å². The average Bonchev–Trinajstić information content (AvgIpc) is 2.82. The van der Waals surface area contributed by atoms with Crippen molar-refractivity contribution in [1.29, 1.82) is 0 Å². The number of carbonyl (C=O) groups is 1. The van der Waals surface area contributed by atoms with E-state index in [1.807, 2.05) is 6.92 Å². The Balaban J connectivity index is 2.12. The van der Waals surface area contributed by atoms with Crippen LogP contribution in [-0.4, -0.2) is 20.9 Å². The lowest BCUT2D eigenvalue weighted by Gasteiger charge is -2.31. The van der Waals surface area contributed by atoms with Crippen molar-refractivity contribution in [3.8, 4) is 0 Å². The van der Waals surface area contributed by atoms with Gasteiger partial charge in [-0.25, -0.2) is 4.98 Å². The van der Waals surface area contributed by atoms with Gasteiger partial charge in [-0.15, -0.1) is 0 Å². The molecule has 1 aliphatic carbocycles. The highest BCUT2D eigenvalue weighted by molar-refractivity contribution is 7.80. The smallest absolute Gasteiger partial charge is 0.233 e. The van der Waals surface area contributed by atoms with E-state index in [0.717, 1.165) is 44.3 Å². The summed E-state index contributed by atoms with van der Waals surface area (Å²) in [4.78, 5) is 20.2. The molecule has 4 N–H and O–H groups in total. The fourth-order valence-electron chi connectivity index (χ4n) is 2.83. The van der Waals surface area contributed by atoms with Gasteiger partial charge in [0.2, 0.25) is 5.91 Å². The summed E-state index contributed by atoms with van der Waals surface area (Å²) in [7, 11) is 0. The van der Waals surface area contributed by atoms with E-state index in [0.29, 0.717) is 4.99 Å². The lowest BCUT2D eigenvalue weighted by Crippen LogP contribution is -2.49. The lowest BCUT2D eigenvalue weighted by atomic mass is 9.79. The number of carbonyl (C=O) groups excluding carboxylic acids is 1. The maximum Gasteiger partial charge on any atom is 0.233 e. The van der Waals surface area contributed by atoms with Gasteiger partial charge < -0.3 is 16.0 Å². The number of aromatic nitrogens is 2. The van der Waals surface area contributed by atoms with Gasteiger partial charge in [0.25, 0.3) is 0 Å². The van der Waals surface area contributed by atoms with Crippen LogP contribution in [0.3, 0.4) is 0 Å². The molecule has 0 saturated heterocycles. The molecular weight excluding hydrogens is 272 g/mol. The Bertz CT molecular complexity index is 464. The first kappa shape index (κ1) is 15.0. The van der Waals surface area contributed by atoms with Gasteiger partial charge in [0, 0.05) is 12.4 Å². The van der Waals surface area contributed by atoms with Crippen LogP contribution < -0.4 is 11.1 Å². The number of H-pyrrole nitrogens is 1. The molecule has 1 heterocycles. The molecule has 0 radical (unpaired) electrons. The summed E-state index contributed by atoms with van der Waals surface area (Å²) < 4.78 is 0. The SMILES string of the molecule is CC(NC(=O)C1(C(N)=S)CCCCCC1)c1ncc[nH]1. The van der Waals surface area contributed by atoms with E-state index in [-0.39, 0.29) is 11.9 Å². The normalized spacial score (nSPS) is 19.9. The predicted molar refractivity (Wildman–Crippen MR) is 82.1 cm³/mol. The van der Waals surface area contributed by atoms with Gasteiger partial charge in [-0.2, -0.15) is 0 Å². The van der Waals surface area contributed by atoms with E-state index < -0.39 is 5.41 Å². The van der Waals surface area contributed by atoms with Crippen LogP contribution in [0.5, 0.6) is 0 Å². The molecule has 110 valence electrons. The molecule has 0 bridgehead atoms. The molecule has 1 aromatic heterocycles. The molecule has 1 saturated carbocycles. The Kier molecular flexibility index (Phi) is 4.75. The number of aromatic amines is 1. The molecule has 20 heavy (non-hydrogen) atoms. The highest BCUT2D eigenvalue weighted by Crippen LogP contribution is 2.36. The third-order valence-electron chi connectivity index (χ3n) is 4.14. The molecule has 2 rings (SSSR count). The Morgan fingerprint density at radius 3 is 2.60 bits per heavy atom. The molecular formula is C14H22N4OS. The van der Waals surface area contributed by atoms with Gasteiger partial charge in [0.1, 0.15) is 5.82 Å². The van der Waals surface area contributed by atoms with Crippen molar-refractivity contribution < 1.29 is 4.79 Å². The summed E-state index contributed by atoms with van der Waals surface area (Å²) in [5, 5.41) is 3.00. The quantitative estimate of drug-likeness (QED) is 0.587. The van der Waals surface area contributed by atoms with Crippen LogP contribution in [0.2, 0.25) is 0 Å². The van der Waals surface area contributed by atoms with Gasteiger partial charge in [-0.05, 0) is 19.8 Å².